The Kier molecular flexibility index (Phi) is 3.99. The van der Waals surface area contributed by atoms with E-state index in [1.54, 1.807) is 0 Å². The summed E-state index contributed by atoms with van der Waals surface area (Å²) in [7, 11) is 0. The van der Waals surface area contributed by atoms with E-state index in [-0.39, 0.29) is 5.91 Å². The normalized spacial score (nSPS) is 15.1. The minimum Gasteiger partial charge on any atom is -0.312 e. The quantitative estimate of drug-likeness (QED) is 0.613. The maximum Gasteiger partial charge on any atom is 0.227 e. The molecule has 0 aliphatic carbocycles. The van der Waals surface area contributed by atoms with Gasteiger partial charge in [-0.1, -0.05) is 34.1 Å². The Hall–Kier alpha value is -0.830. The molecule has 1 amide bonds. The zero-order valence-electron chi connectivity index (χ0n) is 9.29. The van der Waals surface area contributed by atoms with Gasteiger partial charge in [0.2, 0.25) is 5.91 Å². The summed E-state index contributed by atoms with van der Waals surface area (Å²) in [5.74, 6) is 0.272. The zero-order valence-corrected chi connectivity index (χ0v) is 10.9. The van der Waals surface area contributed by atoms with Crippen LogP contribution in [0, 0.1) is 0 Å². The highest BCUT2D eigenvalue weighted by molar-refractivity contribution is 9.09. The molecule has 0 unspecified atom stereocenters. The van der Waals surface area contributed by atoms with E-state index in [2.05, 4.69) is 28.1 Å². The van der Waals surface area contributed by atoms with Crippen molar-refractivity contribution in [3.63, 3.8) is 0 Å². The van der Waals surface area contributed by atoms with Crippen LogP contribution in [0.1, 0.15) is 24.8 Å². The third-order valence-corrected chi connectivity index (χ3v) is 3.52. The number of hydrogen-bond donors (Lipinski definition) is 0. The molecule has 3 heteroatoms. The summed E-state index contributed by atoms with van der Waals surface area (Å²) in [4.78, 5) is 13.8. The second kappa shape index (κ2) is 5.48. The highest BCUT2D eigenvalue weighted by Gasteiger charge is 2.22. The first-order valence-electron chi connectivity index (χ1n) is 5.77. The number of anilines is 1. The van der Waals surface area contributed by atoms with E-state index in [9.17, 15) is 4.79 Å². The molecule has 86 valence electrons. The van der Waals surface area contributed by atoms with Crippen LogP contribution in [0.15, 0.2) is 24.3 Å². The number of aryl methyl sites for hydroxylation is 1. The minimum absolute atomic E-state index is 0.272. The van der Waals surface area contributed by atoms with E-state index < -0.39 is 0 Å². The molecule has 1 heterocycles. The van der Waals surface area contributed by atoms with E-state index in [4.69, 9.17) is 0 Å². The molecule has 1 aliphatic rings. The minimum atomic E-state index is 0.272. The number of nitrogens with zero attached hydrogens (tertiary/aromatic N) is 1. The van der Waals surface area contributed by atoms with Crippen molar-refractivity contribution in [2.45, 2.75) is 25.7 Å². The lowest BCUT2D eigenvalue weighted by Crippen LogP contribution is -2.35. The molecule has 0 saturated carbocycles. The van der Waals surface area contributed by atoms with Gasteiger partial charge in [0.1, 0.15) is 0 Å². The van der Waals surface area contributed by atoms with Gasteiger partial charge in [0.05, 0.1) is 0 Å². The van der Waals surface area contributed by atoms with Gasteiger partial charge >= 0.3 is 0 Å². The lowest BCUT2D eigenvalue weighted by Gasteiger charge is -2.29. The van der Waals surface area contributed by atoms with Gasteiger partial charge in [0.15, 0.2) is 0 Å². The fourth-order valence-corrected chi connectivity index (χ4v) is 2.50. The van der Waals surface area contributed by atoms with E-state index in [1.807, 2.05) is 17.0 Å². The van der Waals surface area contributed by atoms with Crippen molar-refractivity contribution in [3.05, 3.63) is 29.8 Å². The third kappa shape index (κ3) is 2.46. The number of fused-ring (bicyclic) bond motifs is 1. The molecule has 0 saturated heterocycles. The standard InChI is InChI=1S/C13H16BrNO/c14-9-3-4-10-15-12-6-2-1-5-11(12)7-8-13(15)16/h1-2,5-6H,3-4,7-10H2. The molecule has 1 aromatic rings. The molecule has 2 rings (SSSR count). The first-order valence-corrected chi connectivity index (χ1v) is 6.89. The van der Waals surface area contributed by atoms with E-state index >= 15 is 0 Å². The summed E-state index contributed by atoms with van der Waals surface area (Å²) in [6.45, 7) is 0.849. The number of halogens is 1. The van der Waals surface area contributed by atoms with Crippen LogP contribution in [0.2, 0.25) is 0 Å². The number of amides is 1. The molecule has 1 aliphatic heterocycles. The van der Waals surface area contributed by atoms with Crippen molar-refractivity contribution in [2.75, 3.05) is 16.8 Å². The number of para-hydroxylation sites is 1. The Balaban J connectivity index is 2.13. The number of hydrogen-bond acceptors (Lipinski definition) is 1. The smallest absolute Gasteiger partial charge is 0.227 e. The Morgan fingerprint density at radius 1 is 1.19 bits per heavy atom. The first kappa shape index (κ1) is 11.6. The van der Waals surface area contributed by atoms with Crippen LogP contribution in [0.4, 0.5) is 5.69 Å². The van der Waals surface area contributed by atoms with Crippen LogP contribution < -0.4 is 4.90 Å². The Morgan fingerprint density at radius 2 is 2.00 bits per heavy atom. The van der Waals surface area contributed by atoms with Crippen molar-refractivity contribution in [2.24, 2.45) is 0 Å². The van der Waals surface area contributed by atoms with Gasteiger partial charge in [-0.05, 0) is 30.9 Å². The van der Waals surface area contributed by atoms with Crippen molar-refractivity contribution in [1.29, 1.82) is 0 Å². The van der Waals surface area contributed by atoms with E-state index in [0.29, 0.717) is 6.42 Å². The van der Waals surface area contributed by atoms with Crippen molar-refractivity contribution in [1.82, 2.24) is 0 Å². The van der Waals surface area contributed by atoms with Crippen LogP contribution >= 0.6 is 15.9 Å². The highest BCUT2D eigenvalue weighted by Crippen LogP contribution is 2.27. The fraction of sp³-hybridized carbons (Fsp3) is 0.462. The molecule has 1 aromatic carbocycles. The molecule has 0 N–H and O–H groups in total. The van der Waals surface area contributed by atoms with Crippen molar-refractivity contribution < 1.29 is 4.79 Å². The van der Waals surface area contributed by atoms with Gasteiger partial charge in [0.25, 0.3) is 0 Å². The van der Waals surface area contributed by atoms with Crippen LogP contribution in [0.3, 0.4) is 0 Å². The van der Waals surface area contributed by atoms with E-state index in [0.717, 1.165) is 36.8 Å². The Bertz CT molecular complexity index is 378. The molecule has 0 radical (unpaired) electrons. The predicted molar refractivity (Wildman–Crippen MR) is 70.1 cm³/mol. The van der Waals surface area contributed by atoms with Crippen LogP contribution in [0.5, 0.6) is 0 Å². The average Bonchev–Trinajstić information content (AvgIpc) is 2.32. The van der Waals surface area contributed by atoms with Gasteiger partial charge in [-0.3, -0.25) is 4.79 Å². The zero-order chi connectivity index (χ0) is 11.4. The largest absolute Gasteiger partial charge is 0.312 e. The lowest BCUT2D eigenvalue weighted by atomic mass is 10.0. The SMILES string of the molecule is O=C1CCc2ccccc2N1CCCCBr. The first-order chi connectivity index (χ1) is 7.83. The number of unbranched alkanes of at least 4 members (excludes halogenated alkanes) is 1. The second-order valence-electron chi connectivity index (χ2n) is 4.07. The summed E-state index contributed by atoms with van der Waals surface area (Å²) in [6.07, 6.45) is 3.73. The van der Waals surface area contributed by atoms with Crippen molar-refractivity contribution >= 4 is 27.5 Å². The molecule has 0 spiro atoms. The topological polar surface area (TPSA) is 20.3 Å². The highest BCUT2D eigenvalue weighted by atomic mass is 79.9. The predicted octanol–water partition coefficient (Wildman–Crippen LogP) is 3.14. The summed E-state index contributed by atoms with van der Waals surface area (Å²) in [6, 6.07) is 8.24. The van der Waals surface area contributed by atoms with Gasteiger partial charge < -0.3 is 4.90 Å². The fourth-order valence-electron chi connectivity index (χ4n) is 2.11. The Labute approximate surface area is 105 Å². The van der Waals surface area contributed by atoms with Gasteiger partial charge in [0, 0.05) is 24.0 Å². The molecule has 0 atom stereocenters. The molecular formula is C13H16BrNO. The average molecular weight is 282 g/mol. The number of carbonyl (C=O) groups is 1. The summed E-state index contributed by atoms with van der Waals surface area (Å²) in [5, 5.41) is 1.01. The maximum atomic E-state index is 11.9. The van der Waals surface area contributed by atoms with Gasteiger partial charge in [-0.25, -0.2) is 0 Å². The number of alkyl halides is 1. The summed E-state index contributed by atoms with van der Waals surface area (Å²) < 4.78 is 0. The molecule has 0 fully saturated rings. The third-order valence-electron chi connectivity index (χ3n) is 2.96. The molecule has 2 nitrogen and oxygen atoms in total. The lowest BCUT2D eigenvalue weighted by molar-refractivity contribution is -0.118. The van der Waals surface area contributed by atoms with Crippen LogP contribution in [-0.4, -0.2) is 17.8 Å². The number of rotatable bonds is 4. The monoisotopic (exact) mass is 281 g/mol. The molecular weight excluding hydrogens is 266 g/mol. The van der Waals surface area contributed by atoms with Crippen LogP contribution in [-0.2, 0) is 11.2 Å². The van der Waals surface area contributed by atoms with Gasteiger partial charge in [-0.2, -0.15) is 0 Å². The summed E-state index contributed by atoms with van der Waals surface area (Å²) >= 11 is 3.42. The molecule has 16 heavy (non-hydrogen) atoms. The molecule has 0 aromatic heterocycles. The Morgan fingerprint density at radius 3 is 2.81 bits per heavy atom. The van der Waals surface area contributed by atoms with Crippen molar-refractivity contribution in [3.8, 4) is 0 Å². The number of carbonyl (C=O) groups excluding carboxylic acids is 1. The number of benzene rings is 1. The molecule has 0 bridgehead atoms. The van der Waals surface area contributed by atoms with Gasteiger partial charge in [-0.15, -0.1) is 0 Å². The maximum absolute atomic E-state index is 11.9. The van der Waals surface area contributed by atoms with E-state index in [1.165, 1.54) is 5.56 Å². The van der Waals surface area contributed by atoms with Crippen LogP contribution in [0.25, 0.3) is 0 Å². The second-order valence-corrected chi connectivity index (χ2v) is 4.86. The summed E-state index contributed by atoms with van der Waals surface area (Å²) in [5.41, 5.74) is 2.43.